The zero-order chi connectivity index (χ0) is 24.5. The van der Waals surface area contributed by atoms with Gasteiger partial charge in [0.2, 0.25) is 0 Å². The van der Waals surface area contributed by atoms with Gasteiger partial charge in [-0.1, -0.05) is 86.6 Å². The molecule has 1 heteroatoms. The molecule has 0 aromatic heterocycles. The van der Waals surface area contributed by atoms with Gasteiger partial charge in [0.05, 0.1) is 0 Å². The molecule has 0 radical (unpaired) electrons. The lowest BCUT2D eigenvalue weighted by atomic mass is 10.0. The maximum Gasteiger partial charge on any atom is 0.133 e. The summed E-state index contributed by atoms with van der Waals surface area (Å²) in [6.07, 6.45) is 7.70. The van der Waals surface area contributed by atoms with E-state index in [0.717, 1.165) is 34.1 Å². The van der Waals surface area contributed by atoms with Crippen LogP contribution in [0, 0.1) is 36.4 Å². The minimum Gasteiger partial charge on any atom is -0.206 e. The molecule has 0 N–H and O–H groups in total. The third-order valence-electron chi connectivity index (χ3n) is 6.26. The van der Waals surface area contributed by atoms with Gasteiger partial charge in [-0.25, -0.2) is 4.39 Å². The van der Waals surface area contributed by atoms with E-state index < -0.39 is 0 Å². The molecule has 0 nitrogen and oxygen atoms in total. The van der Waals surface area contributed by atoms with Crippen LogP contribution in [0.5, 0.6) is 0 Å². The molecular weight excluding hydrogens is 427 g/mol. The van der Waals surface area contributed by atoms with Crippen molar-refractivity contribution in [1.29, 1.82) is 0 Å². The van der Waals surface area contributed by atoms with Crippen molar-refractivity contribution >= 4 is 10.8 Å². The fraction of sp³-hybridized carbons (Fsp3) is 0.235. The first-order chi connectivity index (χ1) is 17.1. The van der Waals surface area contributed by atoms with E-state index in [-0.39, 0.29) is 5.82 Å². The smallest absolute Gasteiger partial charge is 0.133 e. The summed E-state index contributed by atoms with van der Waals surface area (Å²) in [5, 5.41) is 1.50. The predicted octanol–water partition coefficient (Wildman–Crippen LogP) is 8.60. The van der Waals surface area contributed by atoms with E-state index >= 15 is 0 Å². The Bertz CT molecular complexity index is 1400. The minimum atomic E-state index is -0.160. The molecule has 0 unspecified atom stereocenters. The standard InChI is InChI=1S/C34H31F/c1-3-4-5-6-7-8-27-10-12-28(13-11-27)14-15-29-16-18-30(19-17-29)20-21-31-22-24-33-32(25-31)23-9-26(2)34(33)35/h9-13,16-19,22-25H,3-8H2,1-2H3. The van der Waals surface area contributed by atoms with Crippen LogP contribution < -0.4 is 0 Å². The highest BCUT2D eigenvalue weighted by Crippen LogP contribution is 2.21. The second kappa shape index (κ2) is 12.1. The molecule has 4 rings (SSSR count). The topological polar surface area (TPSA) is 0 Å². The van der Waals surface area contributed by atoms with Crippen molar-refractivity contribution in [3.05, 3.63) is 118 Å². The van der Waals surface area contributed by atoms with Crippen LogP contribution in [0.25, 0.3) is 10.8 Å². The monoisotopic (exact) mass is 458 g/mol. The Hall–Kier alpha value is -3.81. The molecule has 0 aliphatic rings. The first-order valence-corrected chi connectivity index (χ1v) is 12.5. The summed E-state index contributed by atoms with van der Waals surface area (Å²) >= 11 is 0. The zero-order valence-corrected chi connectivity index (χ0v) is 20.6. The molecule has 0 aliphatic carbocycles. The van der Waals surface area contributed by atoms with Crippen molar-refractivity contribution in [3.8, 4) is 23.7 Å². The summed E-state index contributed by atoms with van der Waals surface area (Å²) in [7, 11) is 0. The van der Waals surface area contributed by atoms with Crippen molar-refractivity contribution in [1.82, 2.24) is 0 Å². The number of hydrogen-bond donors (Lipinski definition) is 0. The van der Waals surface area contributed by atoms with Gasteiger partial charge >= 0.3 is 0 Å². The Labute approximate surface area is 209 Å². The average Bonchev–Trinajstić information content (AvgIpc) is 2.89. The van der Waals surface area contributed by atoms with Crippen molar-refractivity contribution in [3.63, 3.8) is 0 Å². The molecule has 4 aromatic carbocycles. The molecule has 0 fully saturated rings. The van der Waals surface area contributed by atoms with Crippen LogP contribution in [-0.4, -0.2) is 0 Å². The molecule has 0 saturated carbocycles. The van der Waals surface area contributed by atoms with E-state index in [1.807, 2.05) is 42.5 Å². The minimum absolute atomic E-state index is 0.160. The molecule has 4 aromatic rings. The van der Waals surface area contributed by atoms with Gasteiger partial charge in [-0.3, -0.25) is 0 Å². The van der Waals surface area contributed by atoms with Gasteiger partial charge in [-0.2, -0.15) is 0 Å². The molecule has 0 atom stereocenters. The molecule has 0 heterocycles. The highest BCUT2D eigenvalue weighted by molar-refractivity contribution is 5.85. The second-order valence-corrected chi connectivity index (χ2v) is 9.07. The summed E-state index contributed by atoms with van der Waals surface area (Å²) in [4.78, 5) is 0. The number of benzene rings is 4. The van der Waals surface area contributed by atoms with Crippen molar-refractivity contribution in [2.45, 2.75) is 52.4 Å². The lowest BCUT2D eigenvalue weighted by Crippen LogP contribution is -1.86. The van der Waals surface area contributed by atoms with Gasteiger partial charge in [0, 0.05) is 27.6 Å². The normalized spacial score (nSPS) is 10.4. The molecular formula is C34H31F. The molecule has 0 aliphatic heterocycles. The second-order valence-electron chi connectivity index (χ2n) is 9.07. The average molecular weight is 459 g/mol. The Morgan fingerprint density at radius 3 is 1.77 bits per heavy atom. The lowest BCUT2D eigenvalue weighted by molar-refractivity contribution is 0.631. The summed E-state index contributed by atoms with van der Waals surface area (Å²) in [6, 6.07) is 26.0. The number of halogens is 1. The quantitative estimate of drug-likeness (QED) is 0.200. The predicted molar refractivity (Wildman–Crippen MR) is 146 cm³/mol. The molecule has 0 bridgehead atoms. The highest BCUT2D eigenvalue weighted by atomic mass is 19.1. The molecule has 0 spiro atoms. The van der Waals surface area contributed by atoms with Crippen LogP contribution in [0.15, 0.2) is 78.9 Å². The number of unbranched alkanes of at least 4 members (excludes halogenated alkanes) is 4. The van der Waals surface area contributed by atoms with Crippen LogP contribution in [-0.2, 0) is 6.42 Å². The van der Waals surface area contributed by atoms with Crippen molar-refractivity contribution in [2.75, 3.05) is 0 Å². The third kappa shape index (κ3) is 6.85. The van der Waals surface area contributed by atoms with E-state index in [4.69, 9.17) is 0 Å². The fourth-order valence-electron chi connectivity index (χ4n) is 4.09. The van der Waals surface area contributed by atoms with E-state index in [1.54, 1.807) is 19.1 Å². The number of aryl methyl sites for hydroxylation is 2. The number of fused-ring (bicyclic) bond motifs is 1. The highest BCUT2D eigenvalue weighted by Gasteiger charge is 2.04. The van der Waals surface area contributed by atoms with Gasteiger partial charge in [-0.15, -0.1) is 0 Å². The third-order valence-corrected chi connectivity index (χ3v) is 6.26. The lowest BCUT2D eigenvalue weighted by Gasteiger charge is -2.03. The van der Waals surface area contributed by atoms with E-state index in [0.29, 0.717) is 10.9 Å². The van der Waals surface area contributed by atoms with Crippen LogP contribution >= 0.6 is 0 Å². The first kappa shape index (κ1) is 24.3. The SMILES string of the molecule is CCCCCCCc1ccc(C#Cc2ccc(C#Cc3ccc4c(F)c(C)ccc4c3)cc2)cc1. The van der Waals surface area contributed by atoms with Gasteiger partial charge in [-0.05, 0) is 84.8 Å². The van der Waals surface area contributed by atoms with Gasteiger partial charge in [0.25, 0.3) is 0 Å². The van der Waals surface area contributed by atoms with Crippen molar-refractivity contribution < 1.29 is 4.39 Å². The fourth-order valence-corrected chi connectivity index (χ4v) is 4.09. The molecule has 174 valence electrons. The maximum atomic E-state index is 14.2. The molecule has 0 amide bonds. The molecule has 35 heavy (non-hydrogen) atoms. The first-order valence-electron chi connectivity index (χ1n) is 12.5. The molecule has 0 saturated heterocycles. The van der Waals surface area contributed by atoms with E-state index in [2.05, 4.69) is 54.9 Å². The van der Waals surface area contributed by atoms with Gasteiger partial charge in [0.1, 0.15) is 5.82 Å². The maximum absolute atomic E-state index is 14.2. The van der Waals surface area contributed by atoms with Crippen LogP contribution in [0.1, 0.15) is 72.4 Å². The zero-order valence-electron chi connectivity index (χ0n) is 20.6. The van der Waals surface area contributed by atoms with E-state index in [1.165, 1.54) is 37.7 Å². The Morgan fingerprint density at radius 2 is 1.14 bits per heavy atom. The van der Waals surface area contributed by atoms with Gasteiger partial charge in [0.15, 0.2) is 0 Å². The Morgan fingerprint density at radius 1 is 0.600 bits per heavy atom. The van der Waals surface area contributed by atoms with Crippen LogP contribution in [0.4, 0.5) is 4.39 Å². The largest absolute Gasteiger partial charge is 0.206 e. The summed E-state index contributed by atoms with van der Waals surface area (Å²) in [5.74, 6) is 12.7. The Balaban J connectivity index is 1.36. The van der Waals surface area contributed by atoms with Crippen LogP contribution in [0.3, 0.4) is 0 Å². The Kier molecular flexibility index (Phi) is 8.38. The van der Waals surface area contributed by atoms with Crippen LogP contribution in [0.2, 0.25) is 0 Å². The summed E-state index contributed by atoms with van der Waals surface area (Å²) < 4.78 is 14.2. The summed E-state index contributed by atoms with van der Waals surface area (Å²) in [5.41, 5.74) is 5.84. The van der Waals surface area contributed by atoms with Crippen molar-refractivity contribution in [2.24, 2.45) is 0 Å². The van der Waals surface area contributed by atoms with Gasteiger partial charge < -0.3 is 0 Å². The number of rotatable bonds is 6. The number of hydrogen-bond acceptors (Lipinski definition) is 0. The van der Waals surface area contributed by atoms with E-state index in [9.17, 15) is 4.39 Å². The summed E-state index contributed by atoms with van der Waals surface area (Å²) in [6.45, 7) is 4.03.